The van der Waals surface area contributed by atoms with Crippen molar-refractivity contribution < 1.29 is 9.90 Å². The molecule has 0 aliphatic rings. The summed E-state index contributed by atoms with van der Waals surface area (Å²) in [5, 5.41) is 8.55. The van der Waals surface area contributed by atoms with Crippen molar-refractivity contribution in [2.24, 2.45) is 22.9 Å². The lowest BCUT2D eigenvalue weighted by molar-refractivity contribution is -0.144. The van der Waals surface area contributed by atoms with Crippen LogP contribution in [0, 0.1) is 0 Å². The molecule has 1 unspecified atom stereocenters. The van der Waals surface area contributed by atoms with Crippen molar-refractivity contribution in [2.75, 3.05) is 6.54 Å². The van der Waals surface area contributed by atoms with Gasteiger partial charge in [-0.15, -0.1) is 0 Å². The van der Waals surface area contributed by atoms with Gasteiger partial charge in [-0.25, -0.2) is 4.79 Å². The lowest BCUT2D eigenvalue weighted by Crippen LogP contribution is -2.67. The maximum absolute atomic E-state index is 10.5. The number of rotatable bonds is 5. The summed E-state index contributed by atoms with van der Waals surface area (Å²) in [5.74, 6) is -1.30. The number of carbonyl (C=O) groups is 1. The SMILES string of the molecule is NCCCC(N)C(N)(N)C(=O)O. The second-order valence-corrected chi connectivity index (χ2v) is 2.78. The molecular weight excluding hydrogens is 160 g/mol. The first-order valence-electron chi connectivity index (χ1n) is 3.69. The van der Waals surface area contributed by atoms with Gasteiger partial charge in [-0.1, -0.05) is 0 Å². The summed E-state index contributed by atoms with van der Waals surface area (Å²) < 4.78 is 0. The van der Waals surface area contributed by atoms with Gasteiger partial charge in [-0.3, -0.25) is 0 Å². The molecule has 0 aromatic carbocycles. The maximum Gasteiger partial charge on any atom is 0.340 e. The lowest BCUT2D eigenvalue weighted by atomic mass is 9.99. The topological polar surface area (TPSA) is 141 Å². The van der Waals surface area contributed by atoms with E-state index in [-0.39, 0.29) is 0 Å². The Morgan fingerprint density at radius 1 is 1.50 bits per heavy atom. The number of carboxylic acid groups (broad SMARTS) is 1. The van der Waals surface area contributed by atoms with E-state index in [4.69, 9.17) is 28.0 Å². The third-order valence-electron chi connectivity index (χ3n) is 1.70. The molecule has 6 heteroatoms. The van der Waals surface area contributed by atoms with Gasteiger partial charge in [0.05, 0.1) is 0 Å². The number of carboxylic acids is 1. The highest BCUT2D eigenvalue weighted by atomic mass is 16.4. The van der Waals surface area contributed by atoms with Gasteiger partial charge in [0.15, 0.2) is 5.66 Å². The van der Waals surface area contributed by atoms with E-state index in [0.29, 0.717) is 19.4 Å². The first kappa shape index (κ1) is 11.3. The van der Waals surface area contributed by atoms with Gasteiger partial charge >= 0.3 is 5.97 Å². The normalized spacial score (nSPS) is 14.3. The predicted molar refractivity (Wildman–Crippen MR) is 45.0 cm³/mol. The Labute approximate surface area is 70.9 Å². The molecule has 0 saturated heterocycles. The number of hydrogen-bond donors (Lipinski definition) is 5. The minimum Gasteiger partial charge on any atom is -0.479 e. The first-order chi connectivity index (χ1) is 5.42. The van der Waals surface area contributed by atoms with Crippen LogP contribution in [0.4, 0.5) is 0 Å². The summed E-state index contributed by atoms with van der Waals surface area (Å²) in [6.07, 6.45) is 1.03. The van der Waals surface area contributed by atoms with Gasteiger partial charge in [0.1, 0.15) is 0 Å². The Morgan fingerprint density at radius 2 is 2.00 bits per heavy atom. The largest absolute Gasteiger partial charge is 0.479 e. The Bertz CT molecular complexity index is 160. The Kier molecular flexibility index (Phi) is 4.11. The maximum atomic E-state index is 10.5. The molecule has 6 nitrogen and oxygen atoms in total. The van der Waals surface area contributed by atoms with Crippen molar-refractivity contribution in [3.63, 3.8) is 0 Å². The number of aliphatic carboxylic acids is 1. The zero-order valence-electron chi connectivity index (χ0n) is 6.86. The minimum absolute atomic E-state index is 0.413. The molecule has 12 heavy (non-hydrogen) atoms. The molecule has 0 rings (SSSR count). The van der Waals surface area contributed by atoms with Crippen molar-refractivity contribution >= 4 is 5.97 Å². The summed E-state index contributed by atoms with van der Waals surface area (Å²) in [6, 6.07) is -0.765. The van der Waals surface area contributed by atoms with Gasteiger partial charge in [-0.2, -0.15) is 0 Å². The molecule has 0 heterocycles. The van der Waals surface area contributed by atoms with Crippen LogP contribution in [0.5, 0.6) is 0 Å². The third-order valence-corrected chi connectivity index (χ3v) is 1.70. The quantitative estimate of drug-likeness (QED) is 0.300. The molecule has 0 aliphatic heterocycles. The van der Waals surface area contributed by atoms with E-state index >= 15 is 0 Å². The van der Waals surface area contributed by atoms with Crippen LogP contribution >= 0.6 is 0 Å². The molecule has 0 amide bonds. The second kappa shape index (κ2) is 4.36. The van der Waals surface area contributed by atoms with Crippen molar-refractivity contribution in [1.82, 2.24) is 0 Å². The van der Waals surface area contributed by atoms with E-state index in [1.54, 1.807) is 0 Å². The average molecular weight is 176 g/mol. The molecule has 0 aromatic heterocycles. The molecule has 9 N–H and O–H groups in total. The van der Waals surface area contributed by atoms with Crippen LogP contribution in [0.3, 0.4) is 0 Å². The van der Waals surface area contributed by atoms with E-state index < -0.39 is 17.7 Å². The average Bonchev–Trinajstić information content (AvgIpc) is 1.99. The molecule has 72 valence electrons. The van der Waals surface area contributed by atoms with Crippen molar-refractivity contribution in [3.05, 3.63) is 0 Å². The van der Waals surface area contributed by atoms with Gasteiger partial charge in [0, 0.05) is 6.04 Å². The highest BCUT2D eigenvalue weighted by Gasteiger charge is 2.35. The van der Waals surface area contributed by atoms with Crippen LogP contribution in [0.15, 0.2) is 0 Å². The molecule has 0 radical (unpaired) electrons. The van der Waals surface area contributed by atoms with Gasteiger partial charge in [0.25, 0.3) is 0 Å². The Hall–Kier alpha value is -0.690. The summed E-state index contributed by atoms with van der Waals surface area (Å²) in [5.41, 5.74) is 19.3. The third kappa shape index (κ3) is 2.74. The van der Waals surface area contributed by atoms with E-state index in [9.17, 15) is 4.79 Å². The Balaban J connectivity index is 4.06. The molecule has 0 spiro atoms. The van der Waals surface area contributed by atoms with E-state index in [2.05, 4.69) is 0 Å². The van der Waals surface area contributed by atoms with Crippen molar-refractivity contribution in [1.29, 1.82) is 0 Å². The lowest BCUT2D eigenvalue weighted by Gasteiger charge is -2.26. The summed E-state index contributed by atoms with van der Waals surface area (Å²) in [4.78, 5) is 10.5. The van der Waals surface area contributed by atoms with Gasteiger partial charge < -0.3 is 28.0 Å². The molecule has 0 aliphatic carbocycles. The van der Waals surface area contributed by atoms with Crippen molar-refractivity contribution in [2.45, 2.75) is 24.5 Å². The van der Waals surface area contributed by atoms with Crippen LogP contribution in [0.1, 0.15) is 12.8 Å². The first-order valence-corrected chi connectivity index (χ1v) is 3.69. The fourth-order valence-corrected chi connectivity index (χ4v) is 0.735. The molecule has 0 aromatic rings. The molecule has 0 bridgehead atoms. The molecular formula is C6H16N4O2. The highest BCUT2D eigenvalue weighted by Crippen LogP contribution is 2.03. The number of nitrogens with two attached hydrogens (primary N) is 4. The van der Waals surface area contributed by atoms with Gasteiger partial charge in [-0.05, 0) is 19.4 Å². The Morgan fingerprint density at radius 3 is 2.33 bits per heavy atom. The number of hydrogen-bond acceptors (Lipinski definition) is 5. The monoisotopic (exact) mass is 176 g/mol. The van der Waals surface area contributed by atoms with Crippen LogP contribution in [-0.2, 0) is 4.79 Å². The fourth-order valence-electron chi connectivity index (χ4n) is 0.735. The predicted octanol–water partition coefficient (Wildman–Crippen LogP) is -2.25. The zero-order chi connectivity index (χ0) is 9.78. The fraction of sp³-hybridized carbons (Fsp3) is 0.833. The van der Waals surface area contributed by atoms with Gasteiger partial charge in [0.2, 0.25) is 0 Å². The molecule has 0 saturated carbocycles. The van der Waals surface area contributed by atoms with Crippen LogP contribution < -0.4 is 22.9 Å². The summed E-state index contributed by atoms with van der Waals surface area (Å²) in [6.45, 7) is 0.448. The molecule has 1 atom stereocenters. The van der Waals surface area contributed by atoms with Crippen LogP contribution in [0.2, 0.25) is 0 Å². The second-order valence-electron chi connectivity index (χ2n) is 2.78. The zero-order valence-corrected chi connectivity index (χ0v) is 6.86. The summed E-state index contributed by atoms with van der Waals surface area (Å²) >= 11 is 0. The standard InChI is InChI=1S/C6H16N4O2/c7-3-1-2-4(8)6(9,10)5(11)12/h4H,1-3,7-10H2,(H,11,12). The smallest absolute Gasteiger partial charge is 0.340 e. The van der Waals surface area contributed by atoms with Crippen LogP contribution in [-0.4, -0.2) is 29.3 Å². The van der Waals surface area contributed by atoms with E-state index in [1.807, 2.05) is 0 Å². The van der Waals surface area contributed by atoms with Crippen molar-refractivity contribution in [3.8, 4) is 0 Å². The molecule has 0 fully saturated rings. The van der Waals surface area contributed by atoms with Crippen LogP contribution in [0.25, 0.3) is 0 Å². The minimum atomic E-state index is -1.85. The highest BCUT2D eigenvalue weighted by molar-refractivity contribution is 5.78. The van der Waals surface area contributed by atoms with E-state index in [1.165, 1.54) is 0 Å². The summed E-state index contributed by atoms with van der Waals surface area (Å²) in [7, 11) is 0. The van der Waals surface area contributed by atoms with E-state index in [0.717, 1.165) is 0 Å².